The maximum atomic E-state index is 12.5. The first kappa shape index (κ1) is 14.8. The summed E-state index contributed by atoms with van der Waals surface area (Å²) in [6.45, 7) is 1.77. The van der Waals surface area contributed by atoms with Crippen LogP contribution in [0.4, 0.5) is 11.4 Å². The first-order valence-corrected chi connectivity index (χ1v) is 7.61. The van der Waals surface area contributed by atoms with E-state index in [1.54, 1.807) is 32.2 Å². The molecule has 0 unspecified atom stereocenters. The third-order valence-corrected chi connectivity index (χ3v) is 4.35. The summed E-state index contributed by atoms with van der Waals surface area (Å²) in [5.74, 6) is 0. The van der Waals surface area contributed by atoms with Crippen LogP contribution in [0.5, 0.6) is 0 Å². The van der Waals surface area contributed by atoms with Gasteiger partial charge in [0.2, 0.25) is 0 Å². The van der Waals surface area contributed by atoms with Crippen molar-refractivity contribution in [3.05, 3.63) is 47.8 Å². The molecule has 0 amide bonds. The maximum absolute atomic E-state index is 12.5. The van der Waals surface area contributed by atoms with Gasteiger partial charge >= 0.3 is 0 Å². The highest BCUT2D eigenvalue weighted by Gasteiger charge is 2.19. The number of aromatic nitrogens is 1. The van der Waals surface area contributed by atoms with Crippen molar-refractivity contribution < 1.29 is 8.42 Å². The van der Waals surface area contributed by atoms with Crippen molar-refractivity contribution in [2.75, 3.05) is 17.1 Å². The van der Waals surface area contributed by atoms with Gasteiger partial charge in [-0.25, -0.2) is 8.42 Å². The molecule has 1 aromatic heterocycles. The zero-order valence-electron chi connectivity index (χ0n) is 11.6. The molecular weight excluding hydrogens is 288 g/mol. The Morgan fingerprint density at radius 3 is 2.67 bits per heavy atom. The number of nitrogens with one attached hydrogen (secondary N) is 2. The molecule has 0 atom stereocenters. The number of sulfonamides is 1. The molecule has 21 heavy (non-hydrogen) atoms. The number of nitriles is 1. The Bertz CT molecular complexity index is 810. The van der Waals surface area contributed by atoms with Gasteiger partial charge in [-0.3, -0.25) is 9.71 Å². The van der Waals surface area contributed by atoms with Gasteiger partial charge in [0.25, 0.3) is 10.0 Å². The van der Waals surface area contributed by atoms with E-state index in [4.69, 9.17) is 5.26 Å². The average Bonchev–Trinajstić information content (AvgIpc) is 2.49. The molecular formula is C14H14N4O2S. The third kappa shape index (κ3) is 3.12. The van der Waals surface area contributed by atoms with E-state index in [0.29, 0.717) is 16.9 Å². The molecule has 2 N–H and O–H groups in total. The Kier molecular flexibility index (Phi) is 4.10. The minimum absolute atomic E-state index is 0.0502. The lowest BCUT2D eigenvalue weighted by Crippen LogP contribution is -2.15. The van der Waals surface area contributed by atoms with Gasteiger partial charge in [-0.2, -0.15) is 5.26 Å². The smallest absolute Gasteiger partial charge is 0.265 e. The first-order chi connectivity index (χ1) is 9.97. The lowest BCUT2D eigenvalue weighted by Gasteiger charge is -2.13. The van der Waals surface area contributed by atoms with Crippen LogP contribution in [0.1, 0.15) is 11.1 Å². The molecule has 0 aliphatic heterocycles. The second-order valence-electron chi connectivity index (χ2n) is 4.37. The highest BCUT2D eigenvalue weighted by molar-refractivity contribution is 7.92. The van der Waals surface area contributed by atoms with Crippen LogP contribution < -0.4 is 10.0 Å². The van der Waals surface area contributed by atoms with Crippen LogP contribution in [-0.4, -0.2) is 20.4 Å². The molecule has 7 heteroatoms. The molecule has 6 nitrogen and oxygen atoms in total. The van der Waals surface area contributed by atoms with Gasteiger partial charge in [-0.05, 0) is 30.7 Å². The molecule has 0 bridgehead atoms. The Morgan fingerprint density at radius 2 is 2.00 bits per heavy atom. The van der Waals surface area contributed by atoms with Crippen molar-refractivity contribution in [3.63, 3.8) is 0 Å². The van der Waals surface area contributed by atoms with Gasteiger partial charge in [0.1, 0.15) is 4.90 Å². The monoisotopic (exact) mass is 302 g/mol. The van der Waals surface area contributed by atoms with Crippen LogP contribution in [0, 0.1) is 18.3 Å². The van der Waals surface area contributed by atoms with Crippen molar-refractivity contribution >= 4 is 21.4 Å². The van der Waals surface area contributed by atoms with Gasteiger partial charge in [-0.1, -0.05) is 6.07 Å². The summed E-state index contributed by atoms with van der Waals surface area (Å²) in [5, 5.41) is 11.7. The van der Waals surface area contributed by atoms with E-state index in [-0.39, 0.29) is 4.90 Å². The van der Waals surface area contributed by atoms with E-state index >= 15 is 0 Å². The molecule has 1 aromatic carbocycles. The largest absolute Gasteiger partial charge is 0.387 e. The van der Waals surface area contributed by atoms with Gasteiger partial charge < -0.3 is 5.32 Å². The van der Waals surface area contributed by atoms with Gasteiger partial charge in [0, 0.05) is 19.4 Å². The maximum Gasteiger partial charge on any atom is 0.265 e. The van der Waals surface area contributed by atoms with Crippen LogP contribution in [-0.2, 0) is 10.0 Å². The minimum atomic E-state index is -3.79. The number of benzene rings is 1. The van der Waals surface area contributed by atoms with Crippen molar-refractivity contribution in [2.45, 2.75) is 11.8 Å². The summed E-state index contributed by atoms with van der Waals surface area (Å²) in [5.41, 5.74) is 1.94. The second kappa shape index (κ2) is 5.81. The summed E-state index contributed by atoms with van der Waals surface area (Å²) in [4.78, 5) is 3.90. The predicted octanol–water partition coefficient (Wildman–Crippen LogP) is 2.10. The van der Waals surface area contributed by atoms with Crippen molar-refractivity contribution in [1.29, 1.82) is 5.26 Å². The molecule has 2 aromatic rings. The van der Waals surface area contributed by atoms with E-state index in [9.17, 15) is 8.42 Å². The van der Waals surface area contributed by atoms with E-state index in [1.807, 2.05) is 6.07 Å². The van der Waals surface area contributed by atoms with Crippen LogP contribution in [0.15, 0.2) is 41.6 Å². The highest BCUT2D eigenvalue weighted by Crippen LogP contribution is 2.24. The second-order valence-corrected chi connectivity index (χ2v) is 6.02. The Morgan fingerprint density at radius 1 is 1.24 bits per heavy atom. The Labute approximate surface area is 123 Å². The van der Waals surface area contributed by atoms with Crippen molar-refractivity contribution in [2.24, 2.45) is 0 Å². The molecule has 1 heterocycles. The number of aryl methyl sites for hydroxylation is 1. The van der Waals surface area contributed by atoms with Crippen LogP contribution in [0.25, 0.3) is 0 Å². The molecule has 0 aliphatic carbocycles. The molecule has 0 saturated carbocycles. The fraction of sp³-hybridized carbons (Fsp3) is 0.143. The molecule has 108 valence electrons. The fourth-order valence-corrected chi connectivity index (χ4v) is 3.08. The SMILES string of the molecule is CNc1ccncc1S(=O)(=O)Nc1cc(C#N)ccc1C. The van der Waals surface area contributed by atoms with E-state index < -0.39 is 10.0 Å². The molecule has 2 rings (SSSR count). The van der Waals surface area contributed by atoms with E-state index in [1.165, 1.54) is 18.5 Å². The number of hydrogen-bond acceptors (Lipinski definition) is 5. The van der Waals surface area contributed by atoms with Crippen molar-refractivity contribution in [3.8, 4) is 6.07 Å². The lowest BCUT2D eigenvalue weighted by atomic mass is 10.1. The van der Waals surface area contributed by atoms with Crippen molar-refractivity contribution in [1.82, 2.24) is 4.98 Å². The fourth-order valence-electron chi connectivity index (χ4n) is 1.80. The first-order valence-electron chi connectivity index (χ1n) is 6.13. The molecule has 0 saturated heterocycles. The van der Waals surface area contributed by atoms with Gasteiger partial charge in [0.05, 0.1) is 23.0 Å². The highest BCUT2D eigenvalue weighted by atomic mass is 32.2. The summed E-state index contributed by atoms with van der Waals surface area (Å²) in [6.07, 6.45) is 2.78. The zero-order chi connectivity index (χ0) is 15.5. The number of anilines is 2. The summed E-state index contributed by atoms with van der Waals surface area (Å²) < 4.78 is 27.4. The summed E-state index contributed by atoms with van der Waals surface area (Å²) in [7, 11) is -2.15. The lowest BCUT2D eigenvalue weighted by molar-refractivity contribution is 0.601. The topological polar surface area (TPSA) is 94.9 Å². The van der Waals surface area contributed by atoms with E-state index in [0.717, 1.165) is 5.56 Å². The van der Waals surface area contributed by atoms with Gasteiger partial charge in [-0.15, -0.1) is 0 Å². The molecule has 0 spiro atoms. The normalized spacial score (nSPS) is 10.7. The molecule has 0 aliphatic rings. The average molecular weight is 302 g/mol. The molecule has 0 radical (unpaired) electrons. The predicted molar refractivity (Wildman–Crippen MR) is 80.5 cm³/mol. The number of rotatable bonds is 4. The minimum Gasteiger partial charge on any atom is -0.387 e. The van der Waals surface area contributed by atoms with Gasteiger partial charge in [0.15, 0.2) is 0 Å². The van der Waals surface area contributed by atoms with Crippen LogP contribution in [0.3, 0.4) is 0 Å². The Hall–Kier alpha value is -2.59. The van der Waals surface area contributed by atoms with Crippen LogP contribution in [0.2, 0.25) is 0 Å². The number of hydrogen-bond donors (Lipinski definition) is 2. The van der Waals surface area contributed by atoms with E-state index in [2.05, 4.69) is 15.0 Å². The zero-order valence-corrected chi connectivity index (χ0v) is 12.4. The number of nitrogens with zero attached hydrogens (tertiary/aromatic N) is 2. The standard InChI is InChI=1S/C14H14N4O2S/c1-10-3-4-11(8-15)7-13(10)18-21(19,20)14-9-17-6-5-12(14)16-2/h3-7,9,18H,1-2H3,(H,16,17). The summed E-state index contributed by atoms with van der Waals surface area (Å²) in [6, 6.07) is 8.39. The quantitative estimate of drug-likeness (QED) is 0.902. The van der Waals surface area contributed by atoms with Crippen LogP contribution >= 0.6 is 0 Å². The number of pyridine rings is 1. The Balaban J connectivity index is 2.45. The summed E-state index contributed by atoms with van der Waals surface area (Å²) >= 11 is 0. The molecule has 0 fully saturated rings. The third-order valence-electron chi connectivity index (χ3n) is 2.95.